The number of thioether (sulfide) groups is 1. The third kappa shape index (κ3) is 5.62. The molecular weight excluding hydrogens is 228 g/mol. The first-order valence-electron chi connectivity index (χ1n) is 6.91. The Labute approximate surface area is 112 Å². The van der Waals surface area contributed by atoms with Crippen molar-refractivity contribution >= 4 is 11.8 Å². The molecule has 1 heterocycles. The second-order valence-electron chi connectivity index (χ2n) is 6.67. The molecule has 0 bridgehead atoms. The standard InChI is InChI=1S/C14H30N2S/c1-11-12(2)17-9-8-16(11)7-6-13(15)10-14(3,4)5/h11-13H,6-10,15H2,1-5H3. The Kier molecular flexibility index (Phi) is 5.81. The zero-order chi connectivity index (χ0) is 13.1. The van der Waals surface area contributed by atoms with Gasteiger partial charge in [0.15, 0.2) is 0 Å². The molecule has 1 saturated heterocycles. The third-order valence-corrected chi connectivity index (χ3v) is 5.01. The first kappa shape index (κ1) is 15.3. The number of hydrogen-bond donors (Lipinski definition) is 1. The summed E-state index contributed by atoms with van der Waals surface area (Å²) in [4.78, 5) is 2.61. The van der Waals surface area contributed by atoms with Crippen LogP contribution in [0.25, 0.3) is 0 Å². The predicted molar refractivity (Wildman–Crippen MR) is 79.6 cm³/mol. The van der Waals surface area contributed by atoms with Crippen molar-refractivity contribution < 1.29 is 0 Å². The van der Waals surface area contributed by atoms with Crippen molar-refractivity contribution in [3.8, 4) is 0 Å². The summed E-state index contributed by atoms with van der Waals surface area (Å²) >= 11 is 2.10. The van der Waals surface area contributed by atoms with Crippen LogP contribution in [0.15, 0.2) is 0 Å². The largest absolute Gasteiger partial charge is 0.328 e. The van der Waals surface area contributed by atoms with Crippen LogP contribution in [-0.4, -0.2) is 41.1 Å². The summed E-state index contributed by atoms with van der Waals surface area (Å²) in [6, 6.07) is 1.06. The summed E-state index contributed by atoms with van der Waals surface area (Å²) < 4.78 is 0. The van der Waals surface area contributed by atoms with Crippen molar-refractivity contribution in [2.75, 3.05) is 18.8 Å². The van der Waals surface area contributed by atoms with Crippen LogP contribution >= 0.6 is 11.8 Å². The fourth-order valence-electron chi connectivity index (χ4n) is 2.53. The molecule has 0 saturated carbocycles. The molecule has 0 aromatic heterocycles. The lowest BCUT2D eigenvalue weighted by Crippen LogP contribution is -2.46. The Bertz CT molecular complexity index is 225. The highest BCUT2D eigenvalue weighted by atomic mass is 32.2. The topological polar surface area (TPSA) is 29.3 Å². The van der Waals surface area contributed by atoms with Gasteiger partial charge in [-0.2, -0.15) is 11.8 Å². The van der Waals surface area contributed by atoms with Gasteiger partial charge in [-0.3, -0.25) is 4.90 Å². The maximum Gasteiger partial charge on any atom is 0.0184 e. The van der Waals surface area contributed by atoms with Gasteiger partial charge in [-0.15, -0.1) is 0 Å². The zero-order valence-corrected chi connectivity index (χ0v) is 13.0. The molecule has 0 aromatic carbocycles. The van der Waals surface area contributed by atoms with Gasteiger partial charge < -0.3 is 5.73 Å². The molecule has 1 rings (SSSR count). The van der Waals surface area contributed by atoms with Crippen LogP contribution in [0.4, 0.5) is 0 Å². The maximum absolute atomic E-state index is 6.23. The highest BCUT2D eigenvalue weighted by molar-refractivity contribution is 8.00. The Hall–Kier alpha value is 0.270. The van der Waals surface area contributed by atoms with E-state index in [-0.39, 0.29) is 0 Å². The van der Waals surface area contributed by atoms with Crippen LogP contribution in [0, 0.1) is 5.41 Å². The van der Waals surface area contributed by atoms with E-state index in [4.69, 9.17) is 5.73 Å². The molecule has 102 valence electrons. The molecular formula is C14H30N2S. The van der Waals surface area contributed by atoms with E-state index in [0.29, 0.717) is 17.5 Å². The Morgan fingerprint density at radius 3 is 2.59 bits per heavy atom. The first-order chi connectivity index (χ1) is 7.79. The van der Waals surface area contributed by atoms with Crippen LogP contribution in [0.2, 0.25) is 0 Å². The summed E-state index contributed by atoms with van der Waals surface area (Å²) in [6.45, 7) is 13.9. The van der Waals surface area contributed by atoms with Crippen molar-refractivity contribution in [3.05, 3.63) is 0 Å². The van der Waals surface area contributed by atoms with Gasteiger partial charge in [0.2, 0.25) is 0 Å². The summed E-state index contributed by atoms with van der Waals surface area (Å²) in [5.41, 5.74) is 6.58. The minimum Gasteiger partial charge on any atom is -0.328 e. The fourth-order valence-corrected chi connectivity index (χ4v) is 3.69. The van der Waals surface area contributed by atoms with Crippen LogP contribution in [0.3, 0.4) is 0 Å². The Balaban J connectivity index is 2.30. The van der Waals surface area contributed by atoms with E-state index in [1.165, 1.54) is 18.8 Å². The van der Waals surface area contributed by atoms with Crippen LogP contribution < -0.4 is 5.73 Å². The molecule has 1 aliphatic heterocycles. The number of nitrogens with zero attached hydrogens (tertiary/aromatic N) is 1. The highest BCUT2D eigenvalue weighted by Crippen LogP contribution is 2.25. The van der Waals surface area contributed by atoms with E-state index in [0.717, 1.165) is 18.1 Å². The third-order valence-electron chi connectivity index (χ3n) is 3.68. The van der Waals surface area contributed by atoms with Gasteiger partial charge in [0.25, 0.3) is 0 Å². The van der Waals surface area contributed by atoms with Gasteiger partial charge in [0.05, 0.1) is 0 Å². The second-order valence-corrected chi connectivity index (χ2v) is 8.15. The van der Waals surface area contributed by atoms with Gasteiger partial charge in [-0.05, 0) is 31.7 Å². The van der Waals surface area contributed by atoms with E-state index >= 15 is 0 Å². The summed E-state index contributed by atoms with van der Waals surface area (Å²) in [5, 5.41) is 0.766. The quantitative estimate of drug-likeness (QED) is 0.840. The highest BCUT2D eigenvalue weighted by Gasteiger charge is 2.25. The van der Waals surface area contributed by atoms with Crippen molar-refractivity contribution in [2.45, 2.75) is 64.8 Å². The normalized spacial score (nSPS) is 29.3. The summed E-state index contributed by atoms with van der Waals surface area (Å²) in [7, 11) is 0. The second kappa shape index (κ2) is 6.44. The molecule has 3 atom stereocenters. The molecule has 0 spiro atoms. The fraction of sp³-hybridized carbons (Fsp3) is 1.00. The molecule has 1 aliphatic rings. The molecule has 17 heavy (non-hydrogen) atoms. The molecule has 0 radical (unpaired) electrons. The van der Waals surface area contributed by atoms with E-state index in [9.17, 15) is 0 Å². The minimum absolute atomic E-state index is 0.354. The molecule has 0 aromatic rings. The molecule has 1 fully saturated rings. The number of hydrogen-bond acceptors (Lipinski definition) is 3. The van der Waals surface area contributed by atoms with Crippen molar-refractivity contribution in [2.24, 2.45) is 11.1 Å². The van der Waals surface area contributed by atoms with Crippen LogP contribution in [0.5, 0.6) is 0 Å². The average molecular weight is 258 g/mol. The van der Waals surface area contributed by atoms with Crippen molar-refractivity contribution in [1.29, 1.82) is 0 Å². The number of nitrogens with two attached hydrogens (primary N) is 1. The van der Waals surface area contributed by atoms with Gasteiger partial charge in [0, 0.05) is 29.6 Å². The van der Waals surface area contributed by atoms with Crippen LogP contribution in [-0.2, 0) is 0 Å². The summed E-state index contributed by atoms with van der Waals surface area (Å²) in [6.07, 6.45) is 2.26. The Morgan fingerprint density at radius 1 is 1.35 bits per heavy atom. The molecule has 0 aliphatic carbocycles. The lowest BCUT2D eigenvalue weighted by molar-refractivity contribution is 0.198. The van der Waals surface area contributed by atoms with Crippen LogP contribution in [0.1, 0.15) is 47.5 Å². The van der Waals surface area contributed by atoms with E-state index in [1.807, 2.05) is 0 Å². The summed E-state index contributed by atoms with van der Waals surface area (Å²) in [5.74, 6) is 1.28. The van der Waals surface area contributed by atoms with Gasteiger partial charge in [0.1, 0.15) is 0 Å². The molecule has 3 heteroatoms. The number of rotatable bonds is 4. The molecule has 2 N–H and O–H groups in total. The smallest absolute Gasteiger partial charge is 0.0184 e. The first-order valence-corrected chi connectivity index (χ1v) is 7.96. The van der Waals surface area contributed by atoms with Gasteiger partial charge in [-0.25, -0.2) is 0 Å². The van der Waals surface area contributed by atoms with Gasteiger partial charge >= 0.3 is 0 Å². The average Bonchev–Trinajstić information content (AvgIpc) is 2.18. The van der Waals surface area contributed by atoms with Gasteiger partial charge in [-0.1, -0.05) is 27.7 Å². The maximum atomic E-state index is 6.23. The van der Waals surface area contributed by atoms with Crippen molar-refractivity contribution in [1.82, 2.24) is 4.90 Å². The minimum atomic E-state index is 0.354. The van der Waals surface area contributed by atoms with E-state index in [2.05, 4.69) is 51.3 Å². The van der Waals surface area contributed by atoms with E-state index in [1.54, 1.807) is 0 Å². The predicted octanol–water partition coefficient (Wildman–Crippen LogP) is 2.97. The SMILES string of the molecule is CC1SCCN(CCC(N)CC(C)(C)C)C1C. The molecule has 0 amide bonds. The Morgan fingerprint density at radius 2 is 2.00 bits per heavy atom. The molecule has 3 unspecified atom stereocenters. The lowest BCUT2D eigenvalue weighted by atomic mass is 9.87. The monoisotopic (exact) mass is 258 g/mol. The zero-order valence-electron chi connectivity index (χ0n) is 12.2. The molecule has 2 nitrogen and oxygen atoms in total. The van der Waals surface area contributed by atoms with E-state index < -0.39 is 0 Å². The van der Waals surface area contributed by atoms with Crippen molar-refractivity contribution in [3.63, 3.8) is 0 Å². The lowest BCUT2D eigenvalue weighted by Gasteiger charge is -2.38.